The molecule has 122 valence electrons. The van der Waals surface area contributed by atoms with Crippen LogP contribution in [0.25, 0.3) is 10.9 Å². The van der Waals surface area contributed by atoms with Crippen molar-refractivity contribution < 1.29 is 9.59 Å². The summed E-state index contributed by atoms with van der Waals surface area (Å²) in [5.74, 6) is -0.161. The van der Waals surface area contributed by atoms with Crippen LogP contribution in [-0.4, -0.2) is 16.4 Å². The minimum absolute atomic E-state index is 0.0416. The number of para-hydroxylation sites is 1. The number of amides is 2. The van der Waals surface area contributed by atoms with Gasteiger partial charge in [0.2, 0.25) is 11.8 Å². The summed E-state index contributed by atoms with van der Waals surface area (Å²) in [6.45, 7) is 2.09. The molecule has 0 spiro atoms. The van der Waals surface area contributed by atoms with Crippen molar-refractivity contribution in [2.75, 3.05) is 10.6 Å². The predicted octanol–water partition coefficient (Wildman–Crippen LogP) is 3.63. The molecule has 1 aromatic heterocycles. The van der Waals surface area contributed by atoms with Gasteiger partial charge in [0.1, 0.15) is 0 Å². The summed E-state index contributed by atoms with van der Waals surface area (Å²) in [5, 5.41) is 6.73. The fourth-order valence-electron chi connectivity index (χ4n) is 2.62. The molecule has 0 aliphatic carbocycles. The first-order chi connectivity index (χ1) is 11.6. The Hall–Kier alpha value is -3.08. The van der Waals surface area contributed by atoms with Gasteiger partial charge in [0.25, 0.3) is 0 Å². The molecule has 2 amide bonds. The largest absolute Gasteiger partial charge is 0.347 e. The van der Waals surface area contributed by atoms with E-state index >= 15 is 0 Å². The Kier molecular flexibility index (Phi) is 4.61. The average Bonchev–Trinajstić information content (AvgIpc) is 2.98. The molecule has 0 atom stereocenters. The molecular weight excluding hydrogens is 302 g/mol. The van der Waals surface area contributed by atoms with Crippen molar-refractivity contribution in [3.8, 4) is 0 Å². The van der Waals surface area contributed by atoms with Gasteiger partial charge in [0.15, 0.2) is 0 Å². The highest BCUT2D eigenvalue weighted by Gasteiger charge is 2.05. The maximum absolute atomic E-state index is 12.1. The summed E-state index contributed by atoms with van der Waals surface area (Å²) in [4.78, 5) is 23.1. The van der Waals surface area contributed by atoms with E-state index < -0.39 is 0 Å². The van der Waals surface area contributed by atoms with E-state index in [0.29, 0.717) is 24.3 Å². The van der Waals surface area contributed by atoms with E-state index in [1.54, 1.807) is 24.3 Å². The molecule has 0 saturated carbocycles. The zero-order valence-electron chi connectivity index (χ0n) is 13.5. The predicted molar refractivity (Wildman–Crippen MR) is 95.9 cm³/mol. The summed E-state index contributed by atoms with van der Waals surface area (Å²) < 4.78 is 2.08. The molecule has 0 saturated heterocycles. The second-order valence-electron chi connectivity index (χ2n) is 5.62. The molecule has 2 N–H and O–H groups in total. The topological polar surface area (TPSA) is 63.1 Å². The third-order valence-corrected chi connectivity index (χ3v) is 3.75. The molecular formula is C19H19N3O2. The van der Waals surface area contributed by atoms with E-state index in [1.807, 2.05) is 30.5 Å². The first-order valence-electron chi connectivity index (χ1n) is 7.83. The van der Waals surface area contributed by atoms with E-state index in [2.05, 4.69) is 21.3 Å². The van der Waals surface area contributed by atoms with Gasteiger partial charge in [-0.3, -0.25) is 9.59 Å². The van der Waals surface area contributed by atoms with Crippen LogP contribution >= 0.6 is 0 Å². The zero-order valence-corrected chi connectivity index (χ0v) is 13.5. The molecule has 1 heterocycles. The van der Waals surface area contributed by atoms with E-state index in [9.17, 15) is 9.59 Å². The number of carbonyl (C=O) groups is 2. The lowest BCUT2D eigenvalue weighted by atomic mass is 10.2. The molecule has 2 aromatic carbocycles. The van der Waals surface area contributed by atoms with Crippen LogP contribution in [0.15, 0.2) is 60.8 Å². The van der Waals surface area contributed by atoms with E-state index in [1.165, 1.54) is 12.3 Å². The van der Waals surface area contributed by atoms with Gasteiger partial charge in [-0.2, -0.15) is 0 Å². The number of carbonyl (C=O) groups excluding carboxylic acids is 2. The number of fused-ring (bicyclic) bond motifs is 1. The number of hydrogen-bond acceptors (Lipinski definition) is 2. The number of aryl methyl sites for hydroxylation is 1. The minimum atomic E-state index is -0.120. The van der Waals surface area contributed by atoms with Gasteiger partial charge >= 0.3 is 0 Å². The van der Waals surface area contributed by atoms with Gasteiger partial charge < -0.3 is 15.2 Å². The summed E-state index contributed by atoms with van der Waals surface area (Å²) in [6.07, 6.45) is 2.40. The van der Waals surface area contributed by atoms with E-state index in [0.717, 1.165) is 5.52 Å². The Balaban J connectivity index is 1.56. The van der Waals surface area contributed by atoms with Crippen LogP contribution < -0.4 is 10.6 Å². The van der Waals surface area contributed by atoms with Gasteiger partial charge in [-0.25, -0.2) is 0 Å². The standard InChI is InChI=1S/C19H19N3O2/c1-14(23)20-16-6-8-17(9-7-16)21-19(24)11-13-22-12-10-15-4-2-3-5-18(15)22/h2-10,12H,11,13H2,1H3,(H,20,23)(H,21,24). The van der Waals surface area contributed by atoms with Crippen molar-refractivity contribution in [1.82, 2.24) is 4.57 Å². The number of benzene rings is 2. The highest BCUT2D eigenvalue weighted by Crippen LogP contribution is 2.16. The molecule has 3 aromatic rings. The molecule has 5 nitrogen and oxygen atoms in total. The number of aromatic nitrogens is 1. The van der Waals surface area contributed by atoms with Crippen LogP contribution in [0.2, 0.25) is 0 Å². The molecule has 0 fully saturated rings. The number of rotatable bonds is 5. The van der Waals surface area contributed by atoms with E-state index in [-0.39, 0.29) is 11.8 Å². The Labute approximate surface area is 140 Å². The molecule has 0 radical (unpaired) electrons. The second-order valence-corrected chi connectivity index (χ2v) is 5.62. The third-order valence-electron chi connectivity index (χ3n) is 3.75. The Bertz CT molecular complexity index is 866. The second kappa shape index (κ2) is 7.00. The Morgan fingerprint density at radius 2 is 1.58 bits per heavy atom. The maximum atomic E-state index is 12.1. The molecule has 0 aliphatic rings. The minimum Gasteiger partial charge on any atom is -0.347 e. The molecule has 24 heavy (non-hydrogen) atoms. The van der Waals surface area contributed by atoms with Gasteiger partial charge in [0, 0.05) is 43.0 Å². The first kappa shape index (κ1) is 15.8. The lowest BCUT2D eigenvalue weighted by Crippen LogP contribution is -2.14. The monoisotopic (exact) mass is 321 g/mol. The van der Waals surface area contributed by atoms with Crippen molar-refractivity contribution in [1.29, 1.82) is 0 Å². The van der Waals surface area contributed by atoms with Gasteiger partial charge in [0.05, 0.1) is 0 Å². The smallest absolute Gasteiger partial charge is 0.226 e. The molecule has 0 aliphatic heterocycles. The summed E-state index contributed by atoms with van der Waals surface area (Å²) >= 11 is 0. The van der Waals surface area contributed by atoms with Crippen LogP contribution in [-0.2, 0) is 16.1 Å². The highest BCUT2D eigenvalue weighted by atomic mass is 16.2. The van der Waals surface area contributed by atoms with Crippen molar-refractivity contribution in [3.05, 3.63) is 60.8 Å². The highest BCUT2D eigenvalue weighted by molar-refractivity contribution is 5.92. The fraction of sp³-hybridized carbons (Fsp3) is 0.158. The lowest BCUT2D eigenvalue weighted by molar-refractivity contribution is -0.116. The maximum Gasteiger partial charge on any atom is 0.226 e. The molecule has 0 bridgehead atoms. The van der Waals surface area contributed by atoms with E-state index in [4.69, 9.17) is 0 Å². The molecule has 3 rings (SSSR count). The van der Waals surface area contributed by atoms with Gasteiger partial charge in [-0.05, 0) is 41.8 Å². The number of nitrogens with one attached hydrogen (secondary N) is 2. The SMILES string of the molecule is CC(=O)Nc1ccc(NC(=O)CCn2ccc3ccccc32)cc1. The van der Waals surface area contributed by atoms with Crippen LogP contribution in [0.1, 0.15) is 13.3 Å². The van der Waals surface area contributed by atoms with Crippen molar-refractivity contribution in [2.24, 2.45) is 0 Å². The van der Waals surface area contributed by atoms with Crippen LogP contribution in [0.3, 0.4) is 0 Å². The van der Waals surface area contributed by atoms with Crippen LogP contribution in [0.5, 0.6) is 0 Å². The van der Waals surface area contributed by atoms with Crippen LogP contribution in [0.4, 0.5) is 11.4 Å². The summed E-state index contributed by atoms with van der Waals surface area (Å²) in [7, 11) is 0. The van der Waals surface area contributed by atoms with Crippen molar-refractivity contribution >= 4 is 34.1 Å². The van der Waals surface area contributed by atoms with Crippen molar-refractivity contribution in [3.63, 3.8) is 0 Å². The number of anilines is 2. The van der Waals surface area contributed by atoms with Crippen molar-refractivity contribution in [2.45, 2.75) is 19.9 Å². The Morgan fingerprint density at radius 3 is 2.29 bits per heavy atom. The normalized spacial score (nSPS) is 10.5. The summed E-state index contributed by atoms with van der Waals surface area (Å²) in [5.41, 5.74) is 2.55. The quantitative estimate of drug-likeness (QED) is 0.754. The third kappa shape index (κ3) is 3.81. The summed E-state index contributed by atoms with van der Waals surface area (Å²) in [6, 6.07) is 17.2. The zero-order chi connectivity index (χ0) is 16.9. The molecule has 0 unspecified atom stereocenters. The first-order valence-corrected chi connectivity index (χ1v) is 7.83. The fourth-order valence-corrected chi connectivity index (χ4v) is 2.62. The number of hydrogen-bond donors (Lipinski definition) is 2. The molecule has 5 heteroatoms. The van der Waals surface area contributed by atoms with Gasteiger partial charge in [-0.1, -0.05) is 18.2 Å². The van der Waals surface area contributed by atoms with Crippen LogP contribution in [0, 0.1) is 0 Å². The lowest BCUT2D eigenvalue weighted by Gasteiger charge is -2.08. The Morgan fingerprint density at radius 1 is 0.917 bits per heavy atom. The average molecular weight is 321 g/mol. The van der Waals surface area contributed by atoms with Gasteiger partial charge in [-0.15, -0.1) is 0 Å². The number of nitrogens with zero attached hydrogens (tertiary/aromatic N) is 1.